The maximum absolute atomic E-state index is 5.66. The summed E-state index contributed by atoms with van der Waals surface area (Å²) in [5, 5.41) is 0. The van der Waals surface area contributed by atoms with Gasteiger partial charge in [0, 0.05) is 31.0 Å². The predicted molar refractivity (Wildman–Crippen MR) is 71.5 cm³/mol. The highest BCUT2D eigenvalue weighted by Crippen LogP contribution is 2.29. The van der Waals surface area contributed by atoms with E-state index in [1.165, 1.54) is 43.5 Å². The van der Waals surface area contributed by atoms with Crippen LogP contribution in [0.5, 0.6) is 0 Å². The van der Waals surface area contributed by atoms with Gasteiger partial charge in [0.15, 0.2) is 0 Å². The van der Waals surface area contributed by atoms with E-state index in [2.05, 4.69) is 35.3 Å². The summed E-state index contributed by atoms with van der Waals surface area (Å²) in [6.07, 6.45) is 8.40. The number of nitrogens with zero attached hydrogens (tertiary/aromatic N) is 2. The summed E-state index contributed by atoms with van der Waals surface area (Å²) in [5.74, 6) is 0. The molecule has 0 radical (unpaired) electrons. The maximum atomic E-state index is 5.66. The van der Waals surface area contributed by atoms with Gasteiger partial charge in [-0.15, -0.1) is 0 Å². The minimum atomic E-state index is 0.400. The number of aromatic nitrogens is 1. The molecule has 0 amide bonds. The Balaban J connectivity index is 1.64. The van der Waals surface area contributed by atoms with Crippen LogP contribution in [0.4, 0.5) is 0 Å². The molecule has 2 aliphatic heterocycles. The van der Waals surface area contributed by atoms with Crippen LogP contribution in [0.2, 0.25) is 0 Å². The van der Waals surface area contributed by atoms with Crippen LogP contribution in [0.1, 0.15) is 43.0 Å². The van der Waals surface area contributed by atoms with Gasteiger partial charge in [-0.2, -0.15) is 0 Å². The van der Waals surface area contributed by atoms with Crippen molar-refractivity contribution in [2.45, 2.75) is 44.2 Å². The number of hydrogen-bond acceptors (Lipinski definition) is 3. The van der Waals surface area contributed by atoms with Gasteiger partial charge in [0.2, 0.25) is 0 Å². The van der Waals surface area contributed by atoms with Gasteiger partial charge in [-0.25, -0.2) is 0 Å². The van der Waals surface area contributed by atoms with Crippen LogP contribution in [0.25, 0.3) is 0 Å². The lowest BCUT2D eigenvalue weighted by molar-refractivity contribution is 0.110. The first kappa shape index (κ1) is 12.1. The summed E-state index contributed by atoms with van der Waals surface area (Å²) >= 11 is 0. The molecule has 2 fully saturated rings. The molecule has 1 aromatic heterocycles. The second-order valence-electron chi connectivity index (χ2n) is 5.56. The molecular weight excluding hydrogens is 224 g/mol. The molecule has 0 aromatic carbocycles. The van der Waals surface area contributed by atoms with Gasteiger partial charge in [0.25, 0.3) is 0 Å². The first-order chi connectivity index (χ1) is 8.83. The van der Waals surface area contributed by atoms with E-state index in [1.807, 2.05) is 0 Å². The fourth-order valence-corrected chi connectivity index (χ4v) is 3.12. The van der Waals surface area contributed by atoms with Crippen molar-refractivity contribution in [3.8, 4) is 0 Å². The van der Waals surface area contributed by atoms with Crippen molar-refractivity contribution in [2.75, 3.05) is 20.2 Å². The number of hydrogen-bond donors (Lipinski definition) is 0. The van der Waals surface area contributed by atoms with E-state index >= 15 is 0 Å². The van der Waals surface area contributed by atoms with Gasteiger partial charge in [-0.05, 0) is 50.9 Å². The number of pyridine rings is 1. The lowest BCUT2D eigenvalue weighted by Gasteiger charge is -2.19. The third kappa shape index (κ3) is 2.57. The van der Waals surface area contributed by atoms with Crippen molar-refractivity contribution in [1.82, 2.24) is 9.88 Å². The Morgan fingerprint density at radius 3 is 2.89 bits per heavy atom. The van der Waals surface area contributed by atoms with Crippen molar-refractivity contribution in [3.05, 3.63) is 29.6 Å². The number of ether oxygens (including phenoxy) is 1. The molecular formula is C15H22N2O. The van der Waals surface area contributed by atoms with Crippen LogP contribution in [0.15, 0.2) is 18.3 Å². The molecule has 2 saturated heterocycles. The monoisotopic (exact) mass is 246 g/mol. The topological polar surface area (TPSA) is 25.4 Å². The van der Waals surface area contributed by atoms with Crippen LogP contribution in [-0.2, 0) is 11.2 Å². The van der Waals surface area contributed by atoms with E-state index in [0.29, 0.717) is 12.1 Å². The largest absolute Gasteiger partial charge is 0.378 e. The van der Waals surface area contributed by atoms with Gasteiger partial charge in [0.1, 0.15) is 0 Å². The summed E-state index contributed by atoms with van der Waals surface area (Å²) in [7, 11) is 2.21. The summed E-state index contributed by atoms with van der Waals surface area (Å²) in [5.41, 5.74) is 2.54. The zero-order valence-electron chi connectivity index (χ0n) is 11.1. The molecule has 3 heteroatoms. The molecule has 3 nitrogen and oxygen atoms in total. The van der Waals surface area contributed by atoms with Crippen molar-refractivity contribution in [2.24, 2.45) is 0 Å². The number of likely N-dealkylation sites (tertiary alicyclic amines) is 1. The molecule has 1 aromatic rings. The van der Waals surface area contributed by atoms with E-state index in [-0.39, 0.29) is 0 Å². The lowest BCUT2D eigenvalue weighted by atomic mass is 10.1. The summed E-state index contributed by atoms with van der Waals surface area (Å²) in [6.45, 7) is 2.14. The van der Waals surface area contributed by atoms with Gasteiger partial charge in [-0.3, -0.25) is 9.88 Å². The quantitative estimate of drug-likeness (QED) is 0.819. The highest BCUT2D eigenvalue weighted by Gasteiger charge is 2.23. The van der Waals surface area contributed by atoms with Crippen molar-refractivity contribution in [3.63, 3.8) is 0 Å². The lowest BCUT2D eigenvalue weighted by Crippen LogP contribution is -2.18. The molecule has 18 heavy (non-hydrogen) atoms. The van der Waals surface area contributed by atoms with Gasteiger partial charge in [-0.1, -0.05) is 6.07 Å². The second-order valence-corrected chi connectivity index (χ2v) is 5.56. The van der Waals surface area contributed by atoms with Gasteiger partial charge < -0.3 is 4.74 Å². The number of rotatable bonds is 3. The van der Waals surface area contributed by atoms with Crippen molar-refractivity contribution < 1.29 is 4.74 Å². The molecule has 0 saturated carbocycles. The fraction of sp³-hybridized carbons (Fsp3) is 0.667. The average Bonchev–Trinajstić information content (AvgIpc) is 3.02. The molecule has 3 heterocycles. The molecule has 98 valence electrons. The molecule has 0 spiro atoms. The average molecular weight is 246 g/mol. The second kappa shape index (κ2) is 5.37. The zero-order valence-corrected chi connectivity index (χ0v) is 11.1. The predicted octanol–water partition coefficient (Wildman–Crippen LogP) is 2.57. The van der Waals surface area contributed by atoms with Gasteiger partial charge >= 0.3 is 0 Å². The summed E-state index contributed by atoms with van der Waals surface area (Å²) in [6, 6.07) is 5.02. The van der Waals surface area contributed by atoms with E-state index in [0.717, 1.165) is 13.0 Å². The van der Waals surface area contributed by atoms with E-state index in [4.69, 9.17) is 4.74 Å². The SMILES string of the molecule is CN1CCCC1c1ccc(CC2CCCO2)nc1. The fourth-order valence-electron chi connectivity index (χ4n) is 3.12. The zero-order chi connectivity index (χ0) is 12.4. The first-order valence-electron chi connectivity index (χ1n) is 7.09. The van der Waals surface area contributed by atoms with Crippen LogP contribution in [0.3, 0.4) is 0 Å². The maximum Gasteiger partial charge on any atom is 0.0631 e. The highest BCUT2D eigenvalue weighted by atomic mass is 16.5. The first-order valence-corrected chi connectivity index (χ1v) is 7.09. The van der Waals surface area contributed by atoms with E-state index in [9.17, 15) is 0 Å². The third-order valence-electron chi connectivity index (χ3n) is 4.21. The Bertz CT molecular complexity index is 384. The molecule has 2 atom stereocenters. The minimum absolute atomic E-state index is 0.400. The minimum Gasteiger partial charge on any atom is -0.378 e. The van der Waals surface area contributed by atoms with Crippen LogP contribution >= 0.6 is 0 Å². The molecule has 0 N–H and O–H groups in total. The Morgan fingerprint density at radius 1 is 1.33 bits per heavy atom. The molecule has 0 bridgehead atoms. The summed E-state index contributed by atoms with van der Waals surface area (Å²) < 4.78 is 5.66. The summed E-state index contributed by atoms with van der Waals surface area (Å²) in [4.78, 5) is 7.04. The highest BCUT2D eigenvalue weighted by molar-refractivity contribution is 5.19. The molecule has 0 aliphatic carbocycles. The third-order valence-corrected chi connectivity index (χ3v) is 4.21. The molecule has 2 aliphatic rings. The van der Waals surface area contributed by atoms with Crippen LogP contribution < -0.4 is 0 Å². The Labute approximate surface area is 109 Å². The smallest absolute Gasteiger partial charge is 0.0631 e. The van der Waals surface area contributed by atoms with E-state index in [1.54, 1.807) is 0 Å². The Morgan fingerprint density at radius 2 is 2.28 bits per heavy atom. The van der Waals surface area contributed by atoms with Gasteiger partial charge in [0.05, 0.1) is 6.10 Å². The van der Waals surface area contributed by atoms with E-state index < -0.39 is 0 Å². The molecule has 3 rings (SSSR count). The normalized spacial score (nSPS) is 28.9. The van der Waals surface area contributed by atoms with Crippen LogP contribution in [0, 0.1) is 0 Å². The van der Waals surface area contributed by atoms with Crippen LogP contribution in [-0.4, -0.2) is 36.2 Å². The standard InChI is InChI=1S/C15H22N2O/c1-17-8-2-5-15(17)12-6-7-13(16-11-12)10-14-4-3-9-18-14/h6-7,11,14-15H,2-5,8-10H2,1H3. The van der Waals surface area contributed by atoms with Crippen molar-refractivity contribution >= 4 is 0 Å². The Hall–Kier alpha value is -0.930. The Kier molecular flexibility index (Phi) is 3.62. The molecule has 2 unspecified atom stereocenters. The van der Waals surface area contributed by atoms with Crippen molar-refractivity contribution in [1.29, 1.82) is 0 Å².